The molecule has 0 saturated heterocycles. The lowest BCUT2D eigenvalue weighted by Gasteiger charge is -2.18. The molecule has 4 rings (SSSR count). The zero-order valence-electron chi connectivity index (χ0n) is 15.3. The van der Waals surface area contributed by atoms with Gasteiger partial charge in [0, 0.05) is 23.4 Å². The van der Waals surface area contributed by atoms with Crippen LogP contribution in [-0.4, -0.2) is 27.8 Å². The van der Waals surface area contributed by atoms with Gasteiger partial charge in [0.2, 0.25) is 5.91 Å². The first-order chi connectivity index (χ1) is 14.0. The highest BCUT2D eigenvalue weighted by molar-refractivity contribution is 9.10. The van der Waals surface area contributed by atoms with Crippen molar-refractivity contribution < 1.29 is 9.59 Å². The third kappa shape index (κ3) is 3.82. The second kappa shape index (κ2) is 7.97. The molecule has 2 aromatic heterocycles. The first-order valence-corrected chi connectivity index (χ1v) is 9.81. The van der Waals surface area contributed by atoms with E-state index in [9.17, 15) is 9.59 Å². The van der Waals surface area contributed by atoms with Gasteiger partial charge in [-0.2, -0.15) is 0 Å². The number of rotatable bonds is 5. The monoisotopic (exact) mass is 448 g/mol. The van der Waals surface area contributed by atoms with Crippen LogP contribution < -0.4 is 11.1 Å². The van der Waals surface area contributed by atoms with Crippen molar-refractivity contribution in [2.75, 3.05) is 0 Å². The van der Waals surface area contributed by atoms with Crippen molar-refractivity contribution in [1.29, 1.82) is 0 Å². The van der Waals surface area contributed by atoms with Gasteiger partial charge in [-0.1, -0.05) is 42.5 Å². The maximum absolute atomic E-state index is 13.3. The number of carbonyl (C=O) groups is 2. The lowest BCUT2D eigenvalue weighted by Crippen LogP contribution is -2.46. The maximum Gasteiger partial charge on any atom is 0.253 e. The number of fused-ring (bicyclic) bond motifs is 2. The minimum Gasteiger partial charge on any atom is -0.368 e. The van der Waals surface area contributed by atoms with E-state index >= 15 is 0 Å². The number of nitrogens with zero attached hydrogens (tertiary/aromatic N) is 2. The summed E-state index contributed by atoms with van der Waals surface area (Å²) in [5.74, 6) is -0.986. The molecule has 1 atom stereocenters. The number of nitrogens with one attached hydrogen (secondary N) is 1. The third-order valence-corrected chi connectivity index (χ3v) is 5.44. The number of halogens is 1. The Morgan fingerprint density at radius 2 is 1.59 bits per heavy atom. The van der Waals surface area contributed by atoms with Crippen molar-refractivity contribution in [2.24, 2.45) is 5.73 Å². The Labute approximate surface area is 175 Å². The molecule has 0 bridgehead atoms. The van der Waals surface area contributed by atoms with Crippen molar-refractivity contribution in [2.45, 2.75) is 12.5 Å². The number of para-hydroxylation sites is 2. The second-order valence-corrected chi connectivity index (χ2v) is 7.36. The fourth-order valence-electron chi connectivity index (χ4n) is 3.33. The molecule has 0 saturated carbocycles. The maximum atomic E-state index is 13.3. The van der Waals surface area contributed by atoms with Gasteiger partial charge in [0.1, 0.15) is 10.6 Å². The number of primary amides is 1. The number of aromatic nitrogens is 2. The van der Waals surface area contributed by atoms with E-state index in [1.807, 2.05) is 54.6 Å². The Morgan fingerprint density at radius 1 is 0.966 bits per heavy atom. The van der Waals surface area contributed by atoms with Crippen LogP contribution in [0.25, 0.3) is 21.8 Å². The van der Waals surface area contributed by atoms with E-state index in [1.165, 1.54) is 0 Å². The molecule has 0 unspecified atom stereocenters. The normalized spacial score (nSPS) is 12.0. The Balaban J connectivity index is 1.75. The number of nitrogens with two attached hydrogens (primary N) is 1. The van der Waals surface area contributed by atoms with Crippen molar-refractivity contribution in [3.8, 4) is 0 Å². The molecular formula is C22H17BrN4O2. The molecule has 0 aliphatic carbocycles. The first-order valence-electron chi connectivity index (χ1n) is 9.01. The van der Waals surface area contributed by atoms with Crippen LogP contribution in [0.4, 0.5) is 0 Å². The van der Waals surface area contributed by atoms with Crippen LogP contribution in [0.15, 0.2) is 71.5 Å². The first kappa shape index (κ1) is 19.0. The van der Waals surface area contributed by atoms with Crippen LogP contribution in [0.1, 0.15) is 15.9 Å². The summed E-state index contributed by atoms with van der Waals surface area (Å²) < 4.78 is 0.611. The molecule has 0 aliphatic rings. The fraction of sp³-hybridized carbons (Fsp3) is 0.0909. The molecule has 4 aromatic rings. The lowest BCUT2D eigenvalue weighted by molar-refractivity contribution is -0.119. The number of amides is 2. The molecule has 144 valence electrons. The van der Waals surface area contributed by atoms with Crippen LogP contribution >= 0.6 is 15.9 Å². The van der Waals surface area contributed by atoms with Gasteiger partial charge >= 0.3 is 0 Å². The Kier molecular flexibility index (Phi) is 5.22. The number of benzene rings is 2. The summed E-state index contributed by atoms with van der Waals surface area (Å²) in [7, 11) is 0. The quantitative estimate of drug-likeness (QED) is 0.361. The molecule has 7 heteroatoms. The van der Waals surface area contributed by atoms with E-state index in [4.69, 9.17) is 5.73 Å². The van der Waals surface area contributed by atoms with Crippen LogP contribution in [0.3, 0.4) is 0 Å². The van der Waals surface area contributed by atoms with E-state index < -0.39 is 11.9 Å². The van der Waals surface area contributed by atoms with E-state index in [1.54, 1.807) is 12.3 Å². The fourth-order valence-corrected chi connectivity index (χ4v) is 3.74. The van der Waals surface area contributed by atoms with Gasteiger partial charge in [0.25, 0.3) is 5.91 Å². The lowest BCUT2D eigenvalue weighted by atomic mass is 10.0. The number of pyridine rings is 2. The van der Waals surface area contributed by atoms with E-state index in [0.717, 1.165) is 16.3 Å². The van der Waals surface area contributed by atoms with E-state index in [-0.39, 0.29) is 12.3 Å². The molecule has 0 radical (unpaired) electrons. The molecule has 0 aliphatic heterocycles. The molecule has 0 fully saturated rings. The van der Waals surface area contributed by atoms with Crippen molar-refractivity contribution in [3.05, 3.63) is 82.6 Å². The molecule has 6 nitrogen and oxygen atoms in total. The van der Waals surface area contributed by atoms with Gasteiger partial charge in [-0.05, 0) is 39.7 Å². The van der Waals surface area contributed by atoms with Crippen LogP contribution in [0.2, 0.25) is 0 Å². The van der Waals surface area contributed by atoms with Crippen LogP contribution in [0.5, 0.6) is 0 Å². The summed E-state index contributed by atoms with van der Waals surface area (Å²) in [4.78, 5) is 34.1. The molecule has 3 N–H and O–H groups in total. The molecular weight excluding hydrogens is 432 g/mol. The molecule has 2 amide bonds. The predicted molar refractivity (Wildman–Crippen MR) is 115 cm³/mol. The van der Waals surface area contributed by atoms with Crippen LogP contribution in [-0.2, 0) is 11.2 Å². The second-order valence-electron chi connectivity index (χ2n) is 6.61. The molecule has 0 spiro atoms. The minimum atomic E-state index is -0.881. The minimum absolute atomic E-state index is 0.233. The summed E-state index contributed by atoms with van der Waals surface area (Å²) in [6.45, 7) is 0. The molecule has 2 aromatic carbocycles. The SMILES string of the molecule is NC(=O)[C@@H](Cc1cccnc1Br)NC(=O)c1c2ccccc2nc2ccccc12. The van der Waals surface area contributed by atoms with Gasteiger partial charge in [0.05, 0.1) is 16.6 Å². The number of hydrogen-bond acceptors (Lipinski definition) is 4. The van der Waals surface area contributed by atoms with E-state index in [0.29, 0.717) is 21.2 Å². The standard InChI is InChI=1S/C22H17BrN4O2/c23-20-13(6-5-11-25-20)12-18(21(24)28)27-22(29)19-14-7-1-3-9-16(14)26-17-10-4-2-8-15(17)19/h1-11,18H,12H2,(H2,24,28)(H,27,29)/t18-/m1/s1. The zero-order valence-corrected chi connectivity index (χ0v) is 16.9. The Morgan fingerprint density at radius 3 is 2.17 bits per heavy atom. The van der Waals surface area contributed by atoms with Crippen molar-refractivity contribution >= 4 is 49.6 Å². The number of carbonyl (C=O) groups excluding carboxylic acids is 2. The predicted octanol–water partition coefficient (Wildman–Crippen LogP) is 3.37. The zero-order chi connectivity index (χ0) is 20.4. The highest BCUT2D eigenvalue weighted by atomic mass is 79.9. The summed E-state index contributed by atoms with van der Waals surface area (Å²) >= 11 is 3.37. The highest BCUT2D eigenvalue weighted by Crippen LogP contribution is 2.26. The largest absolute Gasteiger partial charge is 0.368 e. The van der Waals surface area contributed by atoms with Crippen LogP contribution in [0, 0.1) is 0 Å². The molecule has 29 heavy (non-hydrogen) atoms. The summed E-state index contributed by atoms with van der Waals surface area (Å²) in [5.41, 5.74) is 8.26. The van der Waals surface area contributed by atoms with Crippen molar-refractivity contribution in [3.63, 3.8) is 0 Å². The highest BCUT2D eigenvalue weighted by Gasteiger charge is 2.23. The third-order valence-electron chi connectivity index (χ3n) is 4.72. The van der Waals surface area contributed by atoms with Gasteiger partial charge in [-0.15, -0.1) is 0 Å². The molecule has 2 heterocycles. The average molecular weight is 449 g/mol. The summed E-state index contributed by atoms with van der Waals surface area (Å²) in [6, 6.07) is 17.6. The average Bonchev–Trinajstić information content (AvgIpc) is 2.72. The van der Waals surface area contributed by atoms with Gasteiger partial charge in [-0.3, -0.25) is 9.59 Å². The van der Waals surface area contributed by atoms with Gasteiger partial charge in [-0.25, -0.2) is 9.97 Å². The smallest absolute Gasteiger partial charge is 0.253 e. The van der Waals surface area contributed by atoms with Crippen molar-refractivity contribution in [1.82, 2.24) is 15.3 Å². The Hall–Kier alpha value is -3.32. The Bertz CT molecular complexity index is 1190. The van der Waals surface area contributed by atoms with Gasteiger partial charge in [0.15, 0.2) is 0 Å². The van der Waals surface area contributed by atoms with Gasteiger partial charge < -0.3 is 11.1 Å². The summed E-state index contributed by atoms with van der Waals surface area (Å²) in [5, 5.41) is 4.24. The van der Waals surface area contributed by atoms with E-state index in [2.05, 4.69) is 31.2 Å². The summed E-state index contributed by atoms with van der Waals surface area (Å²) in [6.07, 6.45) is 1.87. The topological polar surface area (TPSA) is 98.0 Å². The number of hydrogen-bond donors (Lipinski definition) is 2.